The summed E-state index contributed by atoms with van der Waals surface area (Å²) in [5.41, 5.74) is 2.03. The van der Waals surface area contributed by atoms with Crippen LogP contribution in [0.25, 0.3) is 11.2 Å². The average Bonchev–Trinajstić information content (AvgIpc) is 3.03. The molecular weight excluding hydrogens is 212 g/mol. The standard InChI is InChI=1S/C13H16N4/c1-17-11-3-2-6-14-12(11)16-13(17)9-7-8-4-5-10(9)15-8/h2-3,6,8-10,15H,4-5,7H2,1H3. The van der Waals surface area contributed by atoms with Crippen molar-refractivity contribution in [3.8, 4) is 0 Å². The van der Waals surface area contributed by atoms with Crippen LogP contribution in [0.5, 0.6) is 0 Å². The molecule has 4 heteroatoms. The molecule has 2 aliphatic rings. The Balaban J connectivity index is 1.83. The van der Waals surface area contributed by atoms with Gasteiger partial charge in [-0.15, -0.1) is 0 Å². The minimum Gasteiger partial charge on any atom is -0.329 e. The molecule has 2 aromatic rings. The zero-order valence-corrected chi connectivity index (χ0v) is 9.93. The van der Waals surface area contributed by atoms with Crippen molar-refractivity contribution < 1.29 is 0 Å². The van der Waals surface area contributed by atoms with E-state index in [0.717, 1.165) is 17.2 Å². The quantitative estimate of drug-likeness (QED) is 0.805. The zero-order valence-electron chi connectivity index (χ0n) is 9.93. The Morgan fingerprint density at radius 1 is 1.41 bits per heavy atom. The van der Waals surface area contributed by atoms with Gasteiger partial charge in [-0.25, -0.2) is 9.97 Å². The van der Waals surface area contributed by atoms with Gasteiger partial charge in [0.25, 0.3) is 0 Å². The molecule has 3 unspecified atom stereocenters. The van der Waals surface area contributed by atoms with Crippen molar-refractivity contribution in [2.75, 3.05) is 0 Å². The SMILES string of the molecule is Cn1c(C2CC3CCC2N3)nc2ncccc21. The maximum absolute atomic E-state index is 4.72. The molecular formula is C13H16N4. The predicted octanol–water partition coefficient (Wildman–Crippen LogP) is 1.58. The first-order chi connectivity index (χ1) is 8.33. The molecule has 4 nitrogen and oxygen atoms in total. The fourth-order valence-electron chi connectivity index (χ4n) is 3.48. The average molecular weight is 228 g/mol. The third kappa shape index (κ3) is 1.27. The first kappa shape index (κ1) is 9.59. The van der Waals surface area contributed by atoms with E-state index >= 15 is 0 Å². The number of nitrogens with one attached hydrogen (secondary N) is 1. The molecule has 0 aromatic carbocycles. The lowest BCUT2D eigenvalue weighted by atomic mass is 9.88. The van der Waals surface area contributed by atoms with E-state index in [2.05, 4.69) is 28.0 Å². The highest BCUT2D eigenvalue weighted by Gasteiger charge is 2.41. The van der Waals surface area contributed by atoms with Crippen LogP contribution in [0.3, 0.4) is 0 Å². The van der Waals surface area contributed by atoms with Crippen molar-refractivity contribution in [1.29, 1.82) is 0 Å². The highest BCUT2D eigenvalue weighted by molar-refractivity contribution is 5.71. The van der Waals surface area contributed by atoms with Gasteiger partial charge in [0.1, 0.15) is 5.82 Å². The number of aromatic nitrogens is 3. The van der Waals surface area contributed by atoms with Gasteiger partial charge < -0.3 is 9.88 Å². The third-order valence-corrected chi connectivity index (χ3v) is 4.32. The molecule has 2 saturated heterocycles. The lowest BCUT2D eigenvalue weighted by Gasteiger charge is -2.19. The molecule has 17 heavy (non-hydrogen) atoms. The van der Waals surface area contributed by atoms with Gasteiger partial charge in [0, 0.05) is 31.2 Å². The normalized spacial score (nSPS) is 31.5. The molecule has 3 atom stereocenters. The van der Waals surface area contributed by atoms with Gasteiger partial charge in [0.05, 0.1) is 5.52 Å². The van der Waals surface area contributed by atoms with Crippen molar-refractivity contribution in [1.82, 2.24) is 19.9 Å². The Morgan fingerprint density at radius 2 is 2.35 bits per heavy atom. The lowest BCUT2D eigenvalue weighted by molar-refractivity contribution is 0.478. The van der Waals surface area contributed by atoms with E-state index in [9.17, 15) is 0 Å². The van der Waals surface area contributed by atoms with Crippen LogP contribution in [0.2, 0.25) is 0 Å². The summed E-state index contributed by atoms with van der Waals surface area (Å²) in [5.74, 6) is 1.78. The summed E-state index contributed by atoms with van der Waals surface area (Å²) < 4.78 is 2.22. The second-order valence-electron chi connectivity index (χ2n) is 5.26. The van der Waals surface area contributed by atoms with Gasteiger partial charge in [0.15, 0.2) is 5.65 Å². The van der Waals surface area contributed by atoms with Crippen molar-refractivity contribution >= 4 is 11.2 Å². The molecule has 2 bridgehead atoms. The van der Waals surface area contributed by atoms with Gasteiger partial charge in [-0.3, -0.25) is 0 Å². The van der Waals surface area contributed by atoms with Gasteiger partial charge in [-0.05, 0) is 31.4 Å². The summed E-state index contributed by atoms with van der Waals surface area (Å²) in [6.07, 6.45) is 5.69. The van der Waals surface area contributed by atoms with Crippen LogP contribution in [-0.2, 0) is 7.05 Å². The Bertz CT molecular complexity index is 574. The molecule has 2 aliphatic heterocycles. The molecule has 1 N–H and O–H groups in total. The zero-order chi connectivity index (χ0) is 11.4. The first-order valence-electron chi connectivity index (χ1n) is 6.36. The van der Waals surface area contributed by atoms with Gasteiger partial charge in [0.2, 0.25) is 0 Å². The summed E-state index contributed by atoms with van der Waals surface area (Å²) in [7, 11) is 2.11. The largest absolute Gasteiger partial charge is 0.329 e. The lowest BCUT2D eigenvalue weighted by Crippen LogP contribution is -2.23. The van der Waals surface area contributed by atoms with E-state index in [0.29, 0.717) is 12.0 Å². The number of hydrogen-bond acceptors (Lipinski definition) is 3. The van der Waals surface area contributed by atoms with E-state index in [-0.39, 0.29) is 0 Å². The van der Waals surface area contributed by atoms with Gasteiger partial charge >= 0.3 is 0 Å². The molecule has 4 heterocycles. The van der Waals surface area contributed by atoms with Crippen LogP contribution in [-0.4, -0.2) is 26.6 Å². The number of imidazole rings is 1. The van der Waals surface area contributed by atoms with Crippen LogP contribution >= 0.6 is 0 Å². The number of fused-ring (bicyclic) bond motifs is 3. The van der Waals surface area contributed by atoms with Crippen LogP contribution in [0.15, 0.2) is 18.3 Å². The third-order valence-electron chi connectivity index (χ3n) is 4.32. The van der Waals surface area contributed by atoms with E-state index in [1.807, 2.05) is 12.3 Å². The first-order valence-corrected chi connectivity index (χ1v) is 6.36. The number of pyridine rings is 1. The fraction of sp³-hybridized carbons (Fsp3) is 0.538. The summed E-state index contributed by atoms with van der Waals surface area (Å²) in [6.45, 7) is 0. The molecule has 0 radical (unpaired) electrons. The molecule has 2 fully saturated rings. The van der Waals surface area contributed by atoms with Crippen LogP contribution in [0.4, 0.5) is 0 Å². The highest BCUT2D eigenvalue weighted by Crippen LogP contribution is 2.39. The Morgan fingerprint density at radius 3 is 3.06 bits per heavy atom. The van der Waals surface area contributed by atoms with Crippen molar-refractivity contribution in [3.05, 3.63) is 24.2 Å². The number of hydrogen-bond donors (Lipinski definition) is 1. The number of rotatable bonds is 1. The van der Waals surface area contributed by atoms with Crippen LogP contribution in [0, 0.1) is 0 Å². The summed E-state index contributed by atoms with van der Waals surface area (Å²) in [4.78, 5) is 9.07. The number of nitrogens with zero attached hydrogens (tertiary/aromatic N) is 3. The van der Waals surface area contributed by atoms with Gasteiger partial charge in [-0.2, -0.15) is 0 Å². The highest BCUT2D eigenvalue weighted by atomic mass is 15.1. The molecule has 0 saturated carbocycles. The molecule has 2 aromatic heterocycles. The van der Waals surface area contributed by atoms with Crippen LogP contribution < -0.4 is 5.32 Å². The fourth-order valence-corrected chi connectivity index (χ4v) is 3.48. The maximum atomic E-state index is 4.72. The van der Waals surface area contributed by atoms with Crippen molar-refractivity contribution in [3.63, 3.8) is 0 Å². The Hall–Kier alpha value is -1.42. The van der Waals surface area contributed by atoms with E-state index in [1.54, 1.807) is 0 Å². The summed E-state index contributed by atoms with van der Waals surface area (Å²) in [6, 6.07) is 5.43. The minimum absolute atomic E-state index is 0.577. The van der Waals surface area contributed by atoms with Crippen LogP contribution in [0.1, 0.15) is 31.0 Å². The smallest absolute Gasteiger partial charge is 0.177 e. The molecule has 0 aliphatic carbocycles. The molecule has 88 valence electrons. The molecule has 4 rings (SSSR count). The van der Waals surface area contributed by atoms with Gasteiger partial charge in [-0.1, -0.05) is 0 Å². The van der Waals surface area contributed by atoms with E-state index in [1.165, 1.54) is 25.1 Å². The summed E-state index contributed by atoms with van der Waals surface area (Å²) in [5, 5.41) is 3.67. The minimum atomic E-state index is 0.577. The monoisotopic (exact) mass is 228 g/mol. The number of aryl methyl sites for hydroxylation is 1. The van der Waals surface area contributed by atoms with Crippen molar-refractivity contribution in [2.24, 2.45) is 7.05 Å². The Kier molecular flexibility index (Phi) is 1.86. The maximum Gasteiger partial charge on any atom is 0.177 e. The van der Waals surface area contributed by atoms with E-state index < -0.39 is 0 Å². The topological polar surface area (TPSA) is 42.7 Å². The van der Waals surface area contributed by atoms with Crippen molar-refractivity contribution in [2.45, 2.75) is 37.3 Å². The second-order valence-corrected chi connectivity index (χ2v) is 5.26. The van der Waals surface area contributed by atoms with E-state index in [4.69, 9.17) is 4.98 Å². The summed E-state index contributed by atoms with van der Waals surface area (Å²) >= 11 is 0. The second kappa shape index (κ2) is 3.29. The predicted molar refractivity (Wildman–Crippen MR) is 65.8 cm³/mol. The Labute approximate surface area is 100 Å². The molecule has 0 spiro atoms. The molecule has 0 amide bonds.